The molecule has 3 aromatic carbocycles. The molecule has 3 aromatic rings. The summed E-state index contributed by atoms with van der Waals surface area (Å²) >= 11 is 4.22. The maximum Gasteiger partial charge on any atom is 0.135 e. The molecule has 2 aliphatic carbocycles. The predicted molar refractivity (Wildman–Crippen MR) is 170 cm³/mol. The fraction of sp³-hybridized carbons (Fsp3) is 0.588. The molecule has 2 aliphatic rings. The van der Waals surface area contributed by atoms with Crippen LogP contribution in [0.5, 0.6) is 11.5 Å². The Morgan fingerprint density at radius 2 is 1.11 bits per heavy atom. The molecule has 206 valence electrons. The molecule has 38 heavy (non-hydrogen) atoms. The lowest BCUT2D eigenvalue weighted by Gasteiger charge is -2.24. The van der Waals surface area contributed by atoms with Gasteiger partial charge in [0.1, 0.15) is 11.5 Å². The Balaban J connectivity index is 1.40. The second-order valence-electron chi connectivity index (χ2n) is 12.2. The van der Waals surface area contributed by atoms with Crippen molar-refractivity contribution in [1.29, 1.82) is 0 Å². The summed E-state index contributed by atoms with van der Waals surface area (Å²) in [5.41, 5.74) is 1.41. The van der Waals surface area contributed by atoms with Crippen LogP contribution in [0.25, 0.3) is 21.5 Å². The molecule has 2 fully saturated rings. The van der Waals surface area contributed by atoms with Crippen molar-refractivity contribution < 1.29 is 9.47 Å². The zero-order chi connectivity index (χ0) is 26.4. The number of hydrogen-bond acceptors (Lipinski definition) is 4. The van der Waals surface area contributed by atoms with E-state index in [1.807, 2.05) is 0 Å². The molecule has 0 bridgehead atoms. The van der Waals surface area contributed by atoms with Crippen molar-refractivity contribution in [2.45, 2.75) is 101 Å². The number of fused-ring (bicyclic) bond motifs is 2. The highest BCUT2D eigenvalue weighted by molar-refractivity contribution is 8.00. The molecular weight excluding hydrogens is 505 g/mol. The van der Waals surface area contributed by atoms with E-state index in [-0.39, 0.29) is 5.41 Å². The lowest BCUT2D eigenvalue weighted by Crippen LogP contribution is -2.13. The van der Waals surface area contributed by atoms with E-state index in [1.54, 1.807) is 0 Å². The number of rotatable bonds is 10. The van der Waals surface area contributed by atoms with Gasteiger partial charge in [-0.1, -0.05) is 95.7 Å². The van der Waals surface area contributed by atoms with Crippen molar-refractivity contribution in [3.63, 3.8) is 0 Å². The molecule has 2 nitrogen and oxygen atoms in total. The van der Waals surface area contributed by atoms with E-state index >= 15 is 0 Å². The first-order valence-corrected chi connectivity index (χ1v) is 17.1. The van der Waals surface area contributed by atoms with Crippen LogP contribution < -0.4 is 9.47 Å². The van der Waals surface area contributed by atoms with Gasteiger partial charge in [0.05, 0.1) is 13.2 Å². The molecule has 2 saturated carbocycles. The Bertz CT molecular complexity index is 1190. The highest BCUT2D eigenvalue weighted by Gasteiger charge is 2.21. The van der Waals surface area contributed by atoms with E-state index in [0.29, 0.717) is 0 Å². The van der Waals surface area contributed by atoms with Gasteiger partial charge in [-0.15, -0.1) is 0 Å². The summed E-state index contributed by atoms with van der Waals surface area (Å²) in [5, 5.41) is 6.33. The van der Waals surface area contributed by atoms with Crippen molar-refractivity contribution in [2.75, 3.05) is 24.7 Å². The minimum absolute atomic E-state index is 0.0750. The van der Waals surface area contributed by atoms with Crippen LogP contribution in [0.1, 0.15) is 90.5 Å². The second kappa shape index (κ2) is 13.2. The molecular formula is C34H46O2S2. The highest BCUT2D eigenvalue weighted by atomic mass is 32.2. The van der Waals surface area contributed by atoms with E-state index < -0.39 is 0 Å². The van der Waals surface area contributed by atoms with E-state index in [1.165, 1.54) is 91.3 Å². The maximum absolute atomic E-state index is 6.67. The summed E-state index contributed by atoms with van der Waals surface area (Å²) in [5.74, 6) is 4.15. The molecule has 0 saturated heterocycles. The van der Waals surface area contributed by atoms with E-state index in [9.17, 15) is 0 Å². The van der Waals surface area contributed by atoms with Crippen LogP contribution in [0.2, 0.25) is 0 Å². The zero-order valence-corrected chi connectivity index (χ0v) is 25.4. The van der Waals surface area contributed by atoms with Crippen molar-refractivity contribution in [1.82, 2.24) is 0 Å². The predicted octanol–water partition coefficient (Wildman–Crippen LogP) is 10.2. The SMILES string of the molecule is CC(C)(C)c1ccc2c(OCCSC3CCCCC3)c3ccccc3c(OCCSC3CCCCC3)c2c1. The van der Waals surface area contributed by atoms with Crippen molar-refractivity contribution in [3.8, 4) is 11.5 Å². The van der Waals surface area contributed by atoms with Gasteiger partial charge in [0.15, 0.2) is 0 Å². The molecule has 0 N–H and O–H groups in total. The van der Waals surface area contributed by atoms with Gasteiger partial charge in [0.2, 0.25) is 0 Å². The summed E-state index contributed by atoms with van der Waals surface area (Å²) in [6.45, 7) is 8.36. The van der Waals surface area contributed by atoms with Crippen LogP contribution in [-0.2, 0) is 5.41 Å². The first kappa shape index (κ1) is 28.0. The van der Waals surface area contributed by atoms with Gasteiger partial charge < -0.3 is 9.47 Å². The molecule has 5 rings (SSSR count). The van der Waals surface area contributed by atoms with Crippen LogP contribution in [-0.4, -0.2) is 35.2 Å². The second-order valence-corrected chi connectivity index (χ2v) is 15.0. The van der Waals surface area contributed by atoms with Gasteiger partial charge in [-0.05, 0) is 42.7 Å². The average molecular weight is 551 g/mol. The highest BCUT2D eigenvalue weighted by Crippen LogP contribution is 2.44. The van der Waals surface area contributed by atoms with Gasteiger partial charge >= 0.3 is 0 Å². The minimum Gasteiger partial charge on any atom is -0.491 e. The van der Waals surface area contributed by atoms with Crippen molar-refractivity contribution in [3.05, 3.63) is 48.0 Å². The van der Waals surface area contributed by atoms with E-state index in [2.05, 4.69) is 86.8 Å². The maximum atomic E-state index is 6.67. The molecule has 4 heteroatoms. The number of benzene rings is 3. The van der Waals surface area contributed by atoms with Crippen molar-refractivity contribution in [2.24, 2.45) is 0 Å². The topological polar surface area (TPSA) is 18.5 Å². The largest absolute Gasteiger partial charge is 0.491 e. The molecule has 0 radical (unpaired) electrons. The molecule has 0 amide bonds. The summed E-state index contributed by atoms with van der Waals surface area (Å²) in [6, 6.07) is 15.6. The Kier molecular flexibility index (Phi) is 9.75. The Hall–Kier alpha value is -1.52. The molecule has 0 aliphatic heterocycles. The Morgan fingerprint density at radius 3 is 1.61 bits per heavy atom. The van der Waals surface area contributed by atoms with E-state index in [0.717, 1.165) is 46.7 Å². The van der Waals surface area contributed by atoms with Crippen LogP contribution in [0.4, 0.5) is 0 Å². The van der Waals surface area contributed by atoms with Crippen LogP contribution in [0, 0.1) is 0 Å². The quantitative estimate of drug-likeness (QED) is 0.184. The lowest BCUT2D eigenvalue weighted by molar-refractivity contribution is 0.345. The summed E-state index contributed by atoms with van der Waals surface area (Å²) in [6.07, 6.45) is 13.9. The number of thioether (sulfide) groups is 2. The first-order chi connectivity index (χ1) is 18.5. The van der Waals surface area contributed by atoms with Gasteiger partial charge in [0.25, 0.3) is 0 Å². The number of ether oxygens (including phenoxy) is 2. The fourth-order valence-corrected chi connectivity index (χ4v) is 8.42. The minimum atomic E-state index is 0.0750. The summed E-state index contributed by atoms with van der Waals surface area (Å²) in [7, 11) is 0. The normalized spacial score (nSPS) is 17.8. The zero-order valence-electron chi connectivity index (χ0n) is 23.7. The van der Waals surface area contributed by atoms with Crippen LogP contribution in [0.3, 0.4) is 0 Å². The molecule has 0 aromatic heterocycles. The summed E-state index contributed by atoms with van der Waals surface area (Å²) in [4.78, 5) is 0. The molecule has 0 heterocycles. The Morgan fingerprint density at radius 1 is 0.632 bits per heavy atom. The standard InChI is InChI=1S/C34H46O2S2/c1-34(2,3)25-18-19-30-31(24-25)33(36-21-23-38-27-14-8-5-9-15-27)29-17-11-10-16-28(29)32(30)35-20-22-37-26-12-6-4-7-13-26/h10-11,16-19,24,26-27H,4-9,12-15,20-23H2,1-3H3. The van der Waals surface area contributed by atoms with Gasteiger partial charge in [-0.25, -0.2) is 0 Å². The van der Waals surface area contributed by atoms with Gasteiger partial charge in [-0.2, -0.15) is 23.5 Å². The van der Waals surface area contributed by atoms with E-state index in [4.69, 9.17) is 9.47 Å². The smallest absolute Gasteiger partial charge is 0.135 e. The molecule has 0 spiro atoms. The number of hydrogen-bond donors (Lipinski definition) is 0. The third kappa shape index (κ3) is 6.97. The third-order valence-electron chi connectivity index (χ3n) is 8.26. The first-order valence-electron chi connectivity index (χ1n) is 15.0. The van der Waals surface area contributed by atoms with Crippen LogP contribution >= 0.6 is 23.5 Å². The molecule has 0 atom stereocenters. The third-order valence-corrected chi connectivity index (χ3v) is 11.0. The summed E-state index contributed by atoms with van der Waals surface area (Å²) < 4.78 is 13.3. The molecule has 0 unspecified atom stereocenters. The van der Waals surface area contributed by atoms with Crippen molar-refractivity contribution >= 4 is 45.1 Å². The Labute approximate surface area is 239 Å². The average Bonchev–Trinajstić information content (AvgIpc) is 2.94. The van der Waals surface area contributed by atoms with Gasteiger partial charge in [0, 0.05) is 43.6 Å². The monoisotopic (exact) mass is 550 g/mol. The van der Waals surface area contributed by atoms with Gasteiger partial charge in [-0.3, -0.25) is 0 Å². The van der Waals surface area contributed by atoms with Crippen LogP contribution in [0.15, 0.2) is 42.5 Å². The lowest BCUT2D eigenvalue weighted by atomic mass is 9.85. The fourth-order valence-electron chi connectivity index (χ4n) is 6.06.